The van der Waals surface area contributed by atoms with Crippen molar-refractivity contribution < 1.29 is 0 Å². The highest BCUT2D eigenvalue weighted by Gasteiger charge is 2.17. The van der Waals surface area contributed by atoms with Crippen molar-refractivity contribution in [1.82, 2.24) is 4.57 Å². The van der Waals surface area contributed by atoms with Crippen molar-refractivity contribution in [2.24, 2.45) is 10.7 Å². The van der Waals surface area contributed by atoms with Crippen LogP contribution in [0.3, 0.4) is 0 Å². The highest BCUT2D eigenvalue weighted by Crippen LogP contribution is 2.41. The molecule has 9 aromatic rings. The van der Waals surface area contributed by atoms with Gasteiger partial charge in [-0.2, -0.15) is 0 Å². The third kappa shape index (κ3) is 4.90. The van der Waals surface area contributed by atoms with E-state index in [0.717, 1.165) is 28.1 Å². The number of hydrogen-bond acceptors (Lipinski definition) is 3. The molecule has 9 rings (SSSR count). The summed E-state index contributed by atoms with van der Waals surface area (Å²) in [5.41, 5.74) is 16.6. The molecule has 0 amide bonds. The number of fused-ring (bicyclic) bond motifs is 6. The quantitative estimate of drug-likeness (QED) is 0.182. The second-order valence-electron chi connectivity index (χ2n) is 12.2. The summed E-state index contributed by atoms with van der Waals surface area (Å²) in [7, 11) is 0. The first-order chi connectivity index (χ1) is 23.7. The van der Waals surface area contributed by atoms with Gasteiger partial charge in [0.1, 0.15) is 0 Å². The van der Waals surface area contributed by atoms with Gasteiger partial charge in [-0.05, 0) is 76.3 Å². The monoisotopic (exact) mass is 633 g/mol. The predicted molar refractivity (Wildman–Crippen MR) is 205 cm³/mol. The van der Waals surface area contributed by atoms with Crippen molar-refractivity contribution in [2.45, 2.75) is 6.04 Å². The van der Waals surface area contributed by atoms with E-state index in [1.165, 1.54) is 53.1 Å². The zero-order valence-electron chi connectivity index (χ0n) is 26.1. The first-order valence-electron chi connectivity index (χ1n) is 16.2. The number of nitrogens with two attached hydrogens (primary N) is 1. The molecule has 0 aliphatic rings. The van der Waals surface area contributed by atoms with Gasteiger partial charge >= 0.3 is 0 Å². The summed E-state index contributed by atoms with van der Waals surface area (Å²) in [6.07, 6.45) is 1.93. The maximum absolute atomic E-state index is 6.68. The fourth-order valence-corrected chi connectivity index (χ4v) is 8.01. The first-order valence-corrected chi connectivity index (χ1v) is 17.0. The standard InChI is InChI=1S/C44H31N3S/c45-44(31-13-5-2-6-14-31)35-16-7-9-17-39(35)46-28-29-19-22-33(23-20-29)47-40-24-21-32(30-11-3-1-4-12-30)25-36(40)37-27-43-38(26-41(37)47)34-15-8-10-18-42(34)48-43/h1-28,44H,45H2/b46-28+. The minimum Gasteiger partial charge on any atom is -0.320 e. The van der Waals surface area contributed by atoms with Crippen LogP contribution < -0.4 is 5.73 Å². The lowest BCUT2D eigenvalue weighted by Gasteiger charge is -2.14. The molecule has 4 heteroatoms. The van der Waals surface area contributed by atoms with Crippen LogP contribution in [0.4, 0.5) is 5.69 Å². The van der Waals surface area contributed by atoms with Crippen molar-refractivity contribution in [1.29, 1.82) is 0 Å². The Kier molecular flexibility index (Phi) is 6.97. The Morgan fingerprint density at radius 3 is 2.08 bits per heavy atom. The molecule has 228 valence electrons. The molecule has 7 aromatic carbocycles. The number of rotatable bonds is 6. The Morgan fingerprint density at radius 1 is 0.542 bits per heavy atom. The molecule has 2 aromatic heterocycles. The van der Waals surface area contributed by atoms with E-state index in [1.807, 2.05) is 53.9 Å². The van der Waals surface area contributed by atoms with Gasteiger partial charge in [0.15, 0.2) is 0 Å². The molecule has 3 nitrogen and oxygen atoms in total. The molecule has 0 fully saturated rings. The van der Waals surface area contributed by atoms with Gasteiger partial charge < -0.3 is 10.3 Å². The Hall–Kier alpha value is -5.81. The van der Waals surface area contributed by atoms with Crippen molar-refractivity contribution in [3.63, 3.8) is 0 Å². The van der Waals surface area contributed by atoms with Gasteiger partial charge in [0.25, 0.3) is 0 Å². The number of thiophene rings is 1. The number of hydrogen-bond donors (Lipinski definition) is 1. The predicted octanol–water partition coefficient (Wildman–Crippen LogP) is 11.6. The van der Waals surface area contributed by atoms with Gasteiger partial charge in [0.05, 0.1) is 22.8 Å². The van der Waals surface area contributed by atoms with Crippen LogP contribution in [0, 0.1) is 0 Å². The second-order valence-corrected chi connectivity index (χ2v) is 13.3. The van der Waals surface area contributed by atoms with E-state index in [2.05, 4.69) is 132 Å². The molecule has 48 heavy (non-hydrogen) atoms. The number of para-hydroxylation sites is 1. The van der Waals surface area contributed by atoms with E-state index in [9.17, 15) is 0 Å². The van der Waals surface area contributed by atoms with Gasteiger partial charge in [0, 0.05) is 42.8 Å². The lowest BCUT2D eigenvalue weighted by Crippen LogP contribution is -2.11. The summed E-state index contributed by atoms with van der Waals surface area (Å²) < 4.78 is 5.03. The fraction of sp³-hybridized carbons (Fsp3) is 0.0227. The summed E-state index contributed by atoms with van der Waals surface area (Å²) in [4.78, 5) is 4.90. The summed E-state index contributed by atoms with van der Waals surface area (Å²) in [6, 6.07) is 57.7. The molecule has 0 bridgehead atoms. The van der Waals surface area contributed by atoms with Crippen LogP contribution in [0.2, 0.25) is 0 Å². The average molecular weight is 634 g/mol. The van der Waals surface area contributed by atoms with E-state index in [1.54, 1.807) is 0 Å². The van der Waals surface area contributed by atoms with E-state index >= 15 is 0 Å². The van der Waals surface area contributed by atoms with Crippen LogP contribution in [0.1, 0.15) is 22.7 Å². The molecule has 0 spiro atoms. The Morgan fingerprint density at radius 2 is 1.25 bits per heavy atom. The zero-order valence-corrected chi connectivity index (χ0v) is 26.9. The maximum Gasteiger partial charge on any atom is 0.0681 e. The minimum absolute atomic E-state index is 0.244. The van der Waals surface area contributed by atoms with Crippen LogP contribution in [0.15, 0.2) is 169 Å². The number of nitrogens with zero attached hydrogens (tertiary/aromatic N) is 2. The largest absolute Gasteiger partial charge is 0.320 e. The third-order valence-corrected chi connectivity index (χ3v) is 10.4. The SMILES string of the molecule is NC(c1ccccc1)c1ccccc1/N=C/c1ccc(-n2c3ccc(-c4ccccc4)cc3c3cc4sc5ccccc5c4cc32)cc1. The van der Waals surface area contributed by atoms with Gasteiger partial charge in [-0.25, -0.2) is 0 Å². The van der Waals surface area contributed by atoms with Crippen LogP contribution in [-0.4, -0.2) is 10.8 Å². The molecule has 2 N–H and O–H groups in total. The number of benzene rings is 7. The molecule has 0 radical (unpaired) electrons. The maximum atomic E-state index is 6.68. The molecule has 2 heterocycles. The summed E-state index contributed by atoms with van der Waals surface area (Å²) in [5, 5.41) is 5.12. The van der Waals surface area contributed by atoms with Crippen LogP contribution in [0.5, 0.6) is 0 Å². The van der Waals surface area contributed by atoms with E-state index < -0.39 is 0 Å². The minimum atomic E-state index is -0.244. The van der Waals surface area contributed by atoms with Crippen LogP contribution >= 0.6 is 11.3 Å². The summed E-state index contributed by atoms with van der Waals surface area (Å²) in [6.45, 7) is 0. The topological polar surface area (TPSA) is 43.3 Å². The van der Waals surface area contributed by atoms with Gasteiger partial charge in [-0.1, -0.05) is 115 Å². The first kappa shape index (κ1) is 28.4. The van der Waals surface area contributed by atoms with E-state index in [4.69, 9.17) is 10.7 Å². The molecular weight excluding hydrogens is 603 g/mol. The van der Waals surface area contributed by atoms with Crippen LogP contribution in [-0.2, 0) is 0 Å². The van der Waals surface area contributed by atoms with Crippen LogP contribution in [0.25, 0.3) is 58.8 Å². The second kappa shape index (κ2) is 11.8. The highest BCUT2D eigenvalue weighted by atomic mass is 32.1. The fourth-order valence-electron chi connectivity index (χ4n) is 6.89. The highest BCUT2D eigenvalue weighted by molar-refractivity contribution is 7.25. The Bertz CT molecular complexity index is 2610. The van der Waals surface area contributed by atoms with Crippen molar-refractivity contribution in [3.05, 3.63) is 180 Å². The summed E-state index contributed by atoms with van der Waals surface area (Å²) in [5.74, 6) is 0. The van der Waals surface area contributed by atoms with Gasteiger partial charge in [-0.3, -0.25) is 4.99 Å². The van der Waals surface area contributed by atoms with Gasteiger partial charge in [0.2, 0.25) is 0 Å². The molecule has 1 unspecified atom stereocenters. The lowest BCUT2D eigenvalue weighted by atomic mass is 9.98. The normalized spacial score (nSPS) is 12.5. The molecule has 0 saturated carbocycles. The third-order valence-electron chi connectivity index (χ3n) is 9.31. The number of aromatic nitrogens is 1. The molecule has 0 aliphatic heterocycles. The summed E-state index contributed by atoms with van der Waals surface area (Å²) >= 11 is 1.87. The lowest BCUT2D eigenvalue weighted by molar-refractivity contribution is 0.872. The zero-order chi connectivity index (χ0) is 32.0. The Balaban J connectivity index is 1.15. The van der Waals surface area contributed by atoms with E-state index in [0.29, 0.717) is 0 Å². The van der Waals surface area contributed by atoms with E-state index in [-0.39, 0.29) is 6.04 Å². The van der Waals surface area contributed by atoms with Crippen molar-refractivity contribution in [3.8, 4) is 16.8 Å². The Labute approximate surface area is 282 Å². The molecule has 1 atom stereocenters. The molecule has 0 aliphatic carbocycles. The van der Waals surface area contributed by atoms with Gasteiger partial charge in [-0.15, -0.1) is 11.3 Å². The van der Waals surface area contributed by atoms with Crippen molar-refractivity contribution >= 4 is 65.2 Å². The average Bonchev–Trinajstić information content (AvgIpc) is 3.68. The molecule has 0 saturated heterocycles. The smallest absolute Gasteiger partial charge is 0.0681 e. The molecular formula is C44H31N3S. The number of aliphatic imine (C=N–C) groups is 1. The van der Waals surface area contributed by atoms with Crippen molar-refractivity contribution in [2.75, 3.05) is 0 Å².